The smallest absolute Gasteiger partial charge is 0.164 e. The number of benzene rings is 11. The van der Waals surface area contributed by atoms with E-state index in [1.54, 1.807) is 6.07 Å². The molecule has 0 atom stereocenters. The van der Waals surface area contributed by atoms with Gasteiger partial charge in [-0.2, -0.15) is 0 Å². The number of furan rings is 1. The van der Waals surface area contributed by atoms with Crippen LogP contribution in [0, 0.1) is 41.5 Å². The zero-order valence-electron chi connectivity index (χ0n) is 58.6. The van der Waals surface area contributed by atoms with E-state index in [0.29, 0.717) is 23.7 Å². The van der Waals surface area contributed by atoms with E-state index in [1.165, 1.54) is 55.6 Å². The largest absolute Gasteiger partial charge is 0.507 e. The van der Waals surface area contributed by atoms with Crippen molar-refractivity contribution < 1.29 is 9.52 Å². The number of aromatic hydroxyl groups is 1. The molecule has 480 valence electrons. The third-order valence-electron chi connectivity index (χ3n) is 20.5. The standard InChI is InChI=1S/C92H85N3O2/c1-51(2)63-43-64(52(3)4)46-69(45-63)74-27-20-28-75(70-47-65(53(5)6)44-66(48-70)54(7)8)86(74)77-34-36-81-89(94-92(95(81)90-59(13)21-17-22-60(90)14)80-35-33-62-32-31-61-23-18-29-82(96)85(61)88(62)93-80)84(77)71-49-78-76-24-15-16-30-83(76)97-91(78)79(50-71)87-72(67-39-55(9)37-56(10)40-67)25-19-26-73(87)68-41-57(11)38-58(12)42-68/h15-30,33-54,96H,31-32H2,1-14H3. The lowest BCUT2D eigenvalue weighted by Crippen LogP contribution is -2.08. The van der Waals surface area contributed by atoms with Gasteiger partial charge < -0.3 is 9.52 Å². The molecule has 0 unspecified atom stereocenters. The van der Waals surface area contributed by atoms with E-state index >= 15 is 0 Å². The number of phenolic OH excluding ortho intramolecular Hbond substituents is 1. The highest BCUT2D eigenvalue weighted by Crippen LogP contribution is 2.53. The Kier molecular flexibility index (Phi) is 16.0. The highest BCUT2D eigenvalue weighted by atomic mass is 16.3. The van der Waals surface area contributed by atoms with Crippen LogP contribution >= 0.6 is 0 Å². The Labute approximate surface area is 572 Å². The van der Waals surface area contributed by atoms with Crippen molar-refractivity contribution in [3.63, 3.8) is 0 Å². The highest BCUT2D eigenvalue weighted by molar-refractivity contribution is 6.17. The lowest BCUT2D eigenvalue weighted by molar-refractivity contribution is 0.476. The van der Waals surface area contributed by atoms with E-state index in [9.17, 15) is 5.11 Å². The van der Waals surface area contributed by atoms with Gasteiger partial charge in [-0.05, 0) is 220 Å². The Balaban J connectivity index is 1.16. The number of imidazole rings is 1. The second kappa shape index (κ2) is 24.7. The summed E-state index contributed by atoms with van der Waals surface area (Å²) in [6, 6.07) is 77.4. The molecule has 0 saturated heterocycles. The molecule has 1 N–H and O–H groups in total. The molecular formula is C92H85N3O2. The number of hydrogen-bond acceptors (Lipinski definition) is 4. The lowest BCUT2D eigenvalue weighted by Gasteiger charge is -2.23. The van der Waals surface area contributed by atoms with Crippen molar-refractivity contribution in [2.75, 3.05) is 0 Å². The maximum Gasteiger partial charge on any atom is 0.164 e. The number of pyridine rings is 1. The van der Waals surface area contributed by atoms with Gasteiger partial charge >= 0.3 is 0 Å². The molecule has 3 aromatic heterocycles. The zero-order valence-corrected chi connectivity index (χ0v) is 58.6. The molecule has 5 heteroatoms. The number of nitrogens with zero attached hydrogens (tertiary/aromatic N) is 3. The second-order valence-electron chi connectivity index (χ2n) is 29.0. The number of phenols is 1. The summed E-state index contributed by atoms with van der Waals surface area (Å²) in [6.07, 6.45) is 1.65. The lowest BCUT2D eigenvalue weighted by atomic mass is 9.80. The van der Waals surface area contributed by atoms with Gasteiger partial charge in [-0.3, -0.25) is 4.57 Å². The average Bonchev–Trinajstić information content (AvgIpc) is 1.63. The second-order valence-corrected chi connectivity index (χ2v) is 29.0. The third-order valence-corrected chi connectivity index (χ3v) is 20.5. The molecule has 0 fully saturated rings. The molecular weight excluding hydrogens is 1180 g/mol. The number of fused-ring (bicyclic) bond motifs is 7. The maximum absolute atomic E-state index is 11.7. The van der Waals surface area contributed by atoms with Crippen LogP contribution in [0.5, 0.6) is 5.75 Å². The summed E-state index contributed by atoms with van der Waals surface area (Å²) in [4.78, 5) is 11.9. The Morgan fingerprint density at radius 2 is 0.876 bits per heavy atom. The molecule has 11 aromatic carbocycles. The van der Waals surface area contributed by atoms with E-state index in [-0.39, 0.29) is 5.75 Å². The molecule has 1 aliphatic rings. The van der Waals surface area contributed by atoms with Crippen LogP contribution in [0.3, 0.4) is 0 Å². The molecule has 14 aromatic rings. The normalized spacial score (nSPS) is 12.4. The maximum atomic E-state index is 11.7. The summed E-state index contributed by atoms with van der Waals surface area (Å²) in [5.41, 5.74) is 36.8. The fourth-order valence-electron chi connectivity index (χ4n) is 15.6. The van der Waals surface area contributed by atoms with Crippen molar-refractivity contribution in [3.05, 3.63) is 273 Å². The minimum atomic E-state index is 0.240. The summed E-state index contributed by atoms with van der Waals surface area (Å²) >= 11 is 0. The molecule has 0 bridgehead atoms. The van der Waals surface area contributed by atoms with Crippen molar-refractivity contribution in [2.45, 2.75) is 133 Å². The van der Waals surface area contributed by atoms with Crippen LogP contribution in [0.1, 0.15) is 146 Å². The van der Waals surface area contributed by atoms with Crippen LogP contribution in [0.25, 0.3) is 139 Å². The molecule has 0 saturated carbocycles. The van der Waals surface area contributed by atoms with Crippen molar-refractivity contribution >= 4 is 33.0 Å². The molecule has 5 nitrogen and oxygen atoms in total. The molecule has 0 amide bonds. The van der Waals surface area contributed by atoms with Crippen LogP contribution in [0.2, 0.25) is 0 Å². The minimum absolute atomic E-state index is 0.240. The van der Waals surface area contributed by atoms with Gasteiger partial charge in [0.25, 0.3) is 0 Å². The third kappa shape index (κ3) is 11.2. The first-order valence-corrected chi connectivity index (χ1v) is 34.9. The summed E-state index contributed by atoms with van der Waals surface area (Å²) in [7, 11) is 0. The van der Waals surface area contributed by atoms with E-state index in [0.717, 1.165) is 163 Å². The Morgan fingerprint density at radius 1 is 0.381 bits per heavy atom. The SMILES string of the molecule is Cc1cc(C)cc(-c2cccc(-c3cc(C)cc(C)c3)c2-c2cc(-c3c(-c4c(-c5cc(C(C)C)cc(C(C)C)c5)cccc4-c4cc(C(C)C)cc(C(C)C)c4)ccc4c3nc(-c3ccc5c(n3)-c3c(O)cccc3CC5)n4-c3c(C)cccc3C)cc3c2oc2ccccc23)c1. The number of rotatable bonds is 13. The number of aromatic nitrogens is 3. The van der Waals surface area contributed by atoms with Crippen molar-refractivity contribution in [3.8, 4) is 112 Å². The first kappa shape index (κ1) is 62.7. The Hall–Kier alpha value is -10.4. The van der Waals surface area contributed by atoms with Crippen LogP contribution in [-0.2, 0) is 12.8 Å². The number of hydrogen-bond donors (Lipinski definition) is 1. The van der Waals surface area contributed by atoms with Crippen molar-refractivity contribution in [1.82, 2.24) is 14.5 Å². The average molecular weight is 1260 g/mol. The first-order chi connectivity index (χ1) is 46.7. The van der Waals surface area contributed by atoms with Crippen LogP contribution < -0.4 is 0 Å². The van der Waals surface area contributed by atoms with Gasteiger partial charge in [-0.15, -0.1) is 0 Å². The van der Waals surface area contributed by atoms with Gasteiger partial charge in [0, 0.05) is 33.0 Å². The topological polar surface area (TPSA) is 64.1 Å². The molecule has 1 aliphatic carbocycles. The fourth-order valence-corrected chi connectivity index (χ4v) is 15.6. The van der Waals surface area contributed by atoms with Crippen LogP contribution in [0.4, 0.5) is 0 Å². The van der Waals surface area contributed by atoms with Gasteiger partial charge in [0.05, 0.1) is 22.4 Å². The predicted octanol–water partition coefficient (Wildman–Crippen LogP) is 25.5. The fraction of sp³-hybridized carbons (Fsp3) is 0.217. The quantitative estimate of drug-likeness (QED) is 0.125. The van der Waals surface area contributed by atoms with Crippen molar-refractivity contribution in [2.24, 2.45) is 0 Å². The molecule has 3 heterocycles. The zero-order chi connectivity index (χ0) is 67.4. The van der Waals surface area contributed by atoms with Crippen LogP contribution in [0.15, 0.2) is 211 Å². The molecule has 0 spiro atoms. The highest BCUT2D eigenvalue weighted by Gasteiger charge is 2.31. The van der Waals surface area contributed by atoms with Gasteiger partial charge in [0.2, 0.25) is 0 Å². The van der Waals surface area contributed by atoms with Gasteiger partial charge in [0.1, 0.15) is 22.6 Å². The Morgan fingerprint density at radius 3 is 1.42 bits per heavy atom. The molecule has 15 rings (SSSR count). The van der Waals surface area contributed by atoms with Gasteiger partial charge in [-0.25, -0.2) is 9.97 Å². The molecule has 0 radical (unpaired) electrons. The van der Waals surface area contributed by atoms with Gasteiger partial charge in [-0.1, -0.05) is 248 Å². The summed E-state index contributed by atoms with van der Waals surface area (Å²) in [5.74, 6) is 2.14. The van der Waals surface area contributed by atoms with Crippen LogP contribution in [-0.4, -0.2) is 19.6 Å². The monoisotopic (exact) mass is 1260 g/mol. The van der Waals surface area contributed by atoms with Gasteiger partial charge in [0.15, 0.2) is 5.82 Å². The van der Waals surface area contributed by atoms with Crippen molar-refractivity contribution in [1.29, 1.82) is 0 Å². The van der Waals surface area contributed by atoms with E-state index in [1.807, 2.05) is 6.07 Å². The summed E-state index contributed by atoms with van der Waals surface area (Å²) in [6.45, 7) is 31.8. The Bertz CT molecular complexity index is 5240. The summed E-state index contributed by atoms with van der Waals surface area (Å²) < 4.78 is 9.76. The molecule has 0 aliphatic heterocycles. The number of aryl methyl sites for hydroxylation is 8. The van der Waals surface area contributed by atoms with E-state index in [2.05, 4.69) is 296 Å². The molecule has 97 heavy (non-hydrogen) atoms. The number of para-hydroxylation sites is 2. The predicted molar refractivity (Wildman–Crippen MR) is 409 cm³/mol. The van der Waals surface area contributed by atoms with E-state index in [4.69, 9.17) is 14.4 Å². The first-order valence-electron chi connectivity index (χ1n) is 34.9. The summed E-state index contributed by atoms with van der Waals surface area (Å²) in [5, 5.41) is 13.8. The minimum Gasteiger partial charge on any atom is -0.507 e. The van der Waals surface area contributed by atoms with E-state index < -0.39 is 0 Å².